The summed E-state index contributed by atoms with van der Waals surface area (Å²) in [6.07, 6.45) is -1.79. The molecule has 0 bridgehead atoms. The van der Waals surface area contributed by atoms with Crippen LogP contribution in [0.4, 0.5) is 17.6 Å². The molecule has 0 aliphatic heterocycles. The van der Waals surface area contributed by atoms with Gasteiger partial charge in [-0.25, -0.2) is 14.8 Å². The van der Waals surface area contributed by atoms with Crippen molar-refractivity contribution in [2.45, 2.75) is 12.2 Å². The Morgan fingerprint density at radius 2 is 2.05 bits per heavy atom. The van der Waals surface area contributed by atoms with Crippen molar-refractivity contribution in [1.82, 2.24) is 15.0 Å². The van der Waals surface area contributed by atoms with Crippen LogP contribution in [-0.4, -0.2) is 9.55 Å². The Hall–Kier alpha value is -1.93. The molecule has 0 saturated heterocycles. The molecule has 1 aromatic heterocycles. The van der Waals surface area contributed by atoms with E-state index in [4.69, 9.17) is 5.84 Å². The van der Waals surface area contributed by atoms with E-state index in [0.717, 1.165) is 12.1 Å². The number of rotatable bonds is 3. The fourth-order valence-corrected chi connectivity index (χ4v) is 1.94. The van der Waals surface area contributed by atoms with Crippen LogP contribution in [0, 0.1) is 5.82 Å². The van der Waals surface area contributed by atoms with E-state index in [1.165, 1.54) is 18.6 Å². The van der Waals surface area contributed by atoms with Gasteiger partial charge in [-0.15, -0.1) is 0 Å². The fraction of sp³-hybridized carbons (Fsp3) is 0.250. The van der Waals surface area contributed by atoms with E-state index in [1.54, 1.807) is 11.6 Å². The van der Waals surface area contributed by atoms with Gasteiger partial charge in [0, 0.05) is 7.05 Å². The topological polar surface area (TPSA) is 55.9 Å². The van der Waals surface area contributed by atoms with E-state index in [0.29, 0.717) is 5.69 Å². The minimum Gasteiger partial charge on any atom is -0.336 e. The van der Waals surface area contributed by atoms with E-state index in [9.17, 15) is 17.6 Å². The summed E-state index contributed by atoms with van der Waals surface area (Å²) in [5.41, 5.74) is 1.85. The molecule has 1 heterocycles. The van der Waals surface area contributed by atoms with Gasteiger partial charge in [0.25, 0.3) is 0 Å². The van der Waals surface area contributed by atoms with Crippen molar-refractivity contribution >= 4 is 0 Å². The lowest BCUT2D eigenvalue weighted by Gasteiger charge is -2.18. The van der Waals surface area contributed by atoms with Crippen LogP contribution in [0.2, 0.25) is 0 Å². The zero-order valence-corrected chi connectivity index (χ0v) is 10.4. The molecule has 4 nitrogen and oxygen atoms in total. The normalized spacial score (nSPS) is 13.5. The molecule has 20 heavy (non-hydrogen) atoms. The van der Waals surface area contributed by atoms with Gasteiger partial charge < -0.3 is 4.57 Å². The molecular formula is C12H12F4N4. The lowest BCUT2D eigenvalue weighted by Crippen LogP contribution is -2.30. The number of imidazole rings is 1. The van der Waals surface area contributed by atoms with Gasteiger partial charge in [-0.1, -0.05) is 6.07 Å². The molecule has 0 aliphatic carbocycles. The Bertz CT molecular complexity index is 606. The van der Waals surface area contributed by atoms with Crippen molar-refractivity contribution < 1.29 is 17.6 Å². The average Bonchev–Trinajstić information content (AvgIpc) is 2.77. The summed E-state index contributed by atoms with van der Waals surface area (Å²) >= 11 is 0. The Morgan fingerprint density at radius 1 is 1.35 bits per heavy atom. The number of nitrogens with two attached hydrogens (primary N) is 1. The molecule has 108 valence electrons. The zero-order valence-electron chi connectivity index (χ0n) is 10.4. The highest BCUT2D eigenvalue weighted by Crippen LogP contribution is 2.33. The quantitative estimate of drug-likeness (QED) is 0.517. The third-order valence-corrected chi connectivity index (χ3v) is 2.95. The highest BCUT2D eigenvalue weighted by Gasteiger charge is 2.35. The number of nitrogens with one attached hydrogen (secondary N) is 1. The predicted octanol–water partition coefficient (Wildman–Crippen LogP) is 2.13. The number of hydrazine groups is 1. The summed E-state index contributed by atoms with van der Waals surface area (Å²) in [6, 6.07) is 2.05. The number of halogens is 4. The number of nitrogens with zero attached hydrogens (tertiary/aromatic N) is 2. The number of hydrogen-bond acceptors (Lipinski definition) is 3. The Morgan fingerprint density at radius 3 is 2.55 bits per heavy atom. The molecule has 1 unspecified atom stereocenters. The Labute approximate surface area is 112 Å². The van der Waals surface area contributed by atoms with Gasteiger partial charge in [0.15, 0.2) is 0 Å². The Balaban J connectivity index is 2.49. The summed E-state index contributed by atoms with van der Waals surface area (Å²) in [4.78, 5) is 3.88. The van der Waals surface area contributed by atoms with Gasteiger partial charge in [0.05, 0.1) is 29.8 Å². The minimum atomic E-state index is -4.76. The van der Waals surface area contributed by atoms with Crippen LogP contribution >= 0.6 is 0 Å². The van der Waals surface area contributed by atoms with Crippen molar-refractivity contribution in [3.63, 3.8) is 0 Å². The average molecular weight is 288 g/mol. The van der Waals surface area contributed by atoms with Gasteiger partial charge in [-0.3, -0.25) is 5.84 Å². The lowest BCUT2D eigenvalue weighted by atomic mass is 10.0. The maximum Gasteiger partial charge on any atom is 0.419 e. The van der Waals surface area contributed by atoms with Gasteiger partial charge in [0.2, 0.25) is 0 Å². The maximum absolute atomic E-state index is 13.3. The van der Waals surface area contributed by atoms with Crippen molar-refractivity contribution in [2.75, 3.05) is 0 Å². The van der Waals surface area contributed by atoms with Crippen molar-refractivity contribution in [3.05, 3.63) is 53.4 Å². The second-order valence-electron chi connectivity index (χ2n) is 4.27. The number of aryl methyl sites for hydroxylation is 1. The van der Waals surface area contributed by atoms with E-state index in [1.807, 2.05) is 0 Å². The minimum absolute atomic E-state index is 0.199. The highest BCUT2D eigenvalue weighted by atomic mass is 19.4. The molecule has 1 atom stereocenters. The van der Waals surface area contributed by atoms with E-state index in [-0.39, 0.29) is 5.56 Å². The van der Waals surface area contributed by atoms with Crippen molar-refractivity contribution in [2.24, 2.45) is 12.9 Å². The molecule has 2 aromatic rings. The largest absolute Gasteiger partial charge is 0.419 e. The maximum atomic E-state index is 13.3. The molecule has 1 aromatic carbocycles. The second-order valence-corrected chi connectivity index (χ2v) is 4.27. The van der Waals surface area contributed by atoms with Crippen LogP contribution < -0.4 is 11.3 Å². The SMILES string of the molecule is Cn1cncc1C(NN)c1ccc(F)c(C(F)(F)F)c1. The van der Waals surface area contributed by atoms with Crippen LogP contribution in [0.25, 0.3) is 0 Å². The van der Waals surface area contributed by atoms with Gasteiger partial charge in [0.1, 0.15) is 5.82 Å². The van der Waals surface area contributed by atoms with E-state index in [2.05, 4.69) is 10.4 Å². The highest BCUT2D eigenvalue weighted by molar-refractivity contribution is 5.33. The van der Waals surface area contributed by atoms with Crippen LogP contribution in [0.1, 0.15) is 22.9 Å². The molecule has 8 heteroatoms. The first-order valence-corrected chi connectivity index (χ1v) is 5.63. The standard InChI is InChI=1S/C12H12F4N4/c1-20-6-18-5-10(20)11(19-17)7-2-3-9(13)8(4-7)12(14,15)16/h2-6,11,19H,17H2,1H3. The molecule has 0 amide bonds. The third kappa shape index (κ3) is 2.66. The Kier molecular flexibility index (Phi) is 3.78. The summed E-state index contributed by atoms with van der Waals surface area (Å²) in [6.45, 7) is 0. The summed E-state index contributed by atoms with van der Waals surface area (Å²) in [5, 5.41) is 0. The van der Waals surface area contributed by atoms with Crippen LogP contribution in [0.5, 0.6) is 0 Å². The fourth-order valence-electron chi connectivity index (χ4n) is 1.94. The lowest BCUT2D eigenvalue weighted by molar-refractivity contribution is -0.140. The summed E-state index contributed by atoms with van der Waals surface area (Å²) < 4.78 is 53.0. The number of aromatic nitrogens is 2. The molecular weight excluding hydrogens is 276 g/mol. The third-order valence-electron chi connectivity index (χ3n) is 2.95. The first kappa shape index (κ1) is 14.5. The van der Waals surface area contributed by atoms with Crippen LogP contribution in [0.15, 0.2) is 30.7 Å². The summed E-state index contributed by atoms with van der Waals surface area (Å²) in [7, 11) is 1.68. The van der Waals surface area contributed by atoms with Crippen LogP contribution in [-0.2, 0) is 13.2 Å². The molecule has 2 rings (SSSR count). The number of alkyl halides is 3. The second kappa shape index (κ2) is 5.22. The van der Waals surface area contributed by atoms with E-state index < -0.39 is 23.6 Å². The van der Waals surface area contributed by atoms with Gasteiger partial charge in [-0.2, -0.15) is 13.2 Å². The van der Waals surface area contributed by atoms with Crippen LogP contribution in [0.3, 0.4) is 0 Å². The van der Waals surface area contributed by atoms with Gasteiger partial charge >= 0.3 is 6.18 Å². The molecule has 3 N–H and O–H groups in total. The molecule has 0 fully saturated rings. The zero-order chi connectivity index (χ0) is 14.9. The van der Waals surface area contributed by atoms with E-state index >= 15 is 0 Å². The van der Waals surface area contributed by atoms with Crippen molar-refractivity contribution in [1.29, 1.82) is 0 Å². The predicted molar refractivity (Wildman–Crippen MR) is 63.8 cm³/mol. The first-order chi connectivity index (χ1) is 9.34. The number of benzene rings is 1. The molecule has 0 aliphatic rings. The smallest absolute Gasteiger partial charge is 0.336 e. The molecule has 0 radical (unpaired) electrons. The van der Waals surface area contributed by atoms with Crippen molar-refractivity contribution in [3.8, 4) is 0 Å². The molecule has 0 saturated carbocycles. The molecule has 0 spiro atoms. The summed E-state index contributed by atoms with van der Waals surface area (Å²) in [5.74, 6) is 4.08. The number of hydrogen-bond donors (Lipinski definition) is 2. The van der Waals surface area contributed by atoms with Gasteiger partial charge in [-0.05, 0) is 17.7 Å². The monoisotopic (exact) mass is 288 g/mol. The first-order valence-electron chi connectivity index (χ1n) is 5.63.